The summed E-state index contributed by atoms with van der Waals surface area (Å²) in [5, 5.41) is 9.02. The molecule has 0 bridgehead atoms. The first kappa shape index (κ1) is 51.9. The lowest BCUT2D eigenvalue weighted by Crippen LogP contribution is -2.37. The lowest BCUT2D eigenvalue weighted by Gasteiger charge is -2.24. The fourth-order valence-electron chi connectivity index (χ4n) is 5.82. The second kappa shape index (κ2) is 36.5. The number of quaternary nitrogens is 1. The molecule has 0 spiro atoms. The fraction of sp³-hybridized carbons (Fsp3) is 0.881. The zero-order chi connectivity index (χ0) is 39.3. The van der Waals surface area contributed by atoms with E-state index in [1.54, 1.807) is 0 Å². The molecule has 0 aliphatic heterocycles. The Morgan fingerprint density at radius 3 is 1.81 bits per heavy atom. The van der Waals surface area contributed by atoms with Gasteiger partial charge in [-0.15, -0.1) is 0 Å². The molecule has 0 radical (unpaired) electrons. The monoisotopic (exact) mass is 777 g/mol. The molecule has 0 aliphatic carbocycles. The largest absolute Gasteiger partial charge is 0.472 e. The van der Waals surface area contributed by atoms with E-state index in [0.717, 1.165) is 77.0 Å². The molecule has 3 atom stereocenters. The molecule has 0 aromatic carbocycles. The summed E-state index contributed by atoms with van der Waals surface area (Å²) in [5.74, 6) is -0.355. The summed E-state index contributed by atoms with van der Waals surface area (Å²) in [6, 6.07) is 0. The van der Waals surface area contributed by atoms with E-state index in [9.17, 15) is 14.3 Å². The van der Waals surface area contributed by atoms with Gasteiger partial charge in [0, 0.05) is 13.0 Å². The maximum Gasteiger partial charge on any atom is 0.472 e. The average molecular weight is 777 g/mol. The maximum atomic E-state index is 12.7. The first-order valence-electron chi connectivity index (χ1n) is 21.4. The van der Waals surface area contributed by atoms with Gasteiger partial charge in [0.2, 0.25) is 0 Å². The van der Waals surface area contributed by atoms with Crippen LogP contribution in [0.15, 0.2) is 24.3 Å². The number of rotatable bonds is 40. The number of esters is 1. The van der Waals surface area contributed by atoms with E-state index in [1.165, 1.54) is 77.0 Å². The zero-order valence-corrected chi connectivity index (χ0v) is 35.7. The number of allylic oxidation sites excluding steroid dienone is 3. The highest BCUT2D eigenvalue weighted by Gasteiger charge is 2.26. The van der Waals surface area contributed by atoms with Crippen molar-refractivity contribution in [2.45, 2.75) is 187 Å². The van der Waals surface area contributed by atoms with E-state index in [-0.39, 0.29) is 38.3 Å². The van der Waals surface area contributed by atoms with Gasteiger partial charge in [-0.25, -0.2) is 9.45 Å². The SMILES string of the molecule is CCCCCCCCCCCCCCCCOCC(COP(=O)(O)OCC[N+](C)(C)C)OC(=O)CCCCCCC/C=C\C=C\C(CCCCC)OO. The van der Waals surface area contributed by atoms with Crippen LogP contribution in [0.2, 0.25) is 0 Å². The molecular weight excluding hydrogens is 693 g/mol. The van der Waals surface area contributed by atoms with Crippen molar-refractivity contribution < 1.29 is 47.4 Å². The highest BCUT2D eigenvalue weighted by molar-refractivity contribution is 7.47. The minimum absolute atomic E-state index is 0.0738. The van der Waals surface area contributed by atoms with Gasteiger partial charge in [0.15, 0.2) is 0 Å². The number of nitrogens with zero attached hydrogens (tertiary/aromatic N) is 1. The summed E-state index contributed by atoms with van der Waals surface area (Å²) in [5.41, 5.74) is 0. The Morgan fingerprint density at radius 1 is 0.679 bits per heavy atom. The summed E-state index contributed by atoms with van der Waals surface area (Å²) in [6.45, 7) is 5.42. The minimum atomic E-state index is -4.29. The fourth-order valence-corrected chi connectivity index (χ4v) is 6.56. The third kappa shape index (κ3) is 39.0. The van der Waals surface area contributed by atoms with Crippen molar-refractivity contribution in [3.8, 4) is 0 Å². The molecular formula is C42H83NO9P+. The van der Waals surface area contributed by atoms with Crippen LogP contribution in [0.1, 0.15) is 174 Å². The Labute approximate surface area is 325 Å². The van der Waals surface area contributed by atoms with Crippen molar-refractivity contribution in [3.05, 3.63) is 24.3 Å². The standard InChI is InChI=1S/C42H82NO9P/c1-6-8-10-11-12-13-14-15-16-17-21-24-27-31-36-48-38-41(39-50-53(46,47)49-37-35-43(3,4)5)51-42(44)34-30-26-23-20-18-19-22-25-29-33-40(52-45)32-28-9-7-2/h22,25,29,33,40-41H,6-21,23-24,26-28,30-32,34-39H2,1-5H3,(H-,45,46,47)/p+1/b25-22-,33-29+. The van der Waals surface area contributed by atoms with Gasteiger partial charge in [-0.1, -0.05) is 160 Å². The van der Waals surface area contributed by atoms with Crippen LogP contribution in [-0.4, -0.2) is 86.9 Å². The summed E-state index contributed by atoms with van der Waals surface area (Å²) in [7, 11) is 1.62. The number of unbranched alkanes of at least 4 members (excludes halogenated alkanes) is 20. The smallest absolute Gasteiger partial charge is 0.457 e. The topological polar surface area (TPSA) is 121 Å². The maximum absolute atomic E-state index is 12.7. The van der Waals surface area contributed by atoms with Crippen LogP contribution in [0, 0.1) is 0 Å². The van der Waals surface area contributed by atoms with Crippen molar-refractivity contribution in [3.63, 3.8) is 0 Å². The Kier molecular flexibility index (Phi) is 35.8. The summed E-state index contributed by atoms with van der Waals surface area (Å²) >= 11 is 0. The molecule has 2 N–H and O–H groups in total. The van der Waals surface area contributed by atoms with Crippen LogP contribution in [0.4, 0.5) is 0 Å². The van der Waals surface area contributed by atoms with Gasteiger partial charge < -0.3 is 18.9 Å². The lowest BCUT2D eigenvalue weighted by molar-refractivity contribution is -0.870. The number of phosphoric ester groups is 1. The zero-order valence-electron chi connectivity index (χ0n) is 34.8. The molecule has 0 heterocycles. The van der Waals surface area contributed by atoms with Crippen LogP contribution in [-0.2, 0) is 32.8 Å². The predicted molar refractivity (Wildman–Crippen MR) is 218 cm³/mol. The molecule has 0 aliphatic rings. The van der Waals surface area contributed by atoms with E-state index in [0.29, 0.717) is 17.6 Å². The molecule has 10 nitrogen and oxygen atoms in total. The third-order valence-corrected chi connectivity index (χ3v) is 10.2. The van der Waals surface area contributed by atoms with E-state index >= 15 is 0 Å². The van der Waals surface area contributed by atoms with Crippen LogP contribution in [0.5, 0.6) is 0 Å². The molecule has 0 fully saturated rings. The quantitative estimate of drug-likeness (QED) is 0.0119. The summed E-state index contributed by atoms with van der Waals surface area (Å²) < 4.78 is 34.9. The van der Waals surface area contributed by atoms with Crippen LogP contribution in [0.25, 0.3) is 0 Å². The normalized spacial score (nSPS) is 14.6. The second-order valence-electron chi connectivity index (χ2n) is 15.7. The van der Waals surface area contributed by atoms with Gasteiger partial charge in [0.25, 0.3) is 0 Å². The molecule has 314 valence electrons. The van der Waals surface area contributed by atoms with Gasteiger partial charge >= 0.3 is 13.8 Å². The number of hydrogen-bond donors (Lipinski definition) is 2. The van der Waals surface area contributed by atoms with Crippen LogP contribution >= 0.6 is 7.82 Å². The second-order valence-corrected chi connectivity index (χ2v) is 17.1. The molecule has 0 aromatic heterocycles. The van der Waals surface area contributed by atoms with Crippen molar-refractivity contribution in [2.75, 3.05) is 54.1 Å². The number of likely N-dealkylation sites (N-methyl/N-ethyl adjacent to an activating group) is 1. The van der Waals surface area contributed by atoms with Gasteiger partial charge in [0.05, 0.1) is 34.4 Å². The van der Waals surface area contributed by atoms with E-state index in [1.807, 2.05) is 39.4 Å². The highest BCUT2D eigenvalue weighted by Crippen LogP contribution is 2.43. The Hall–Kier alpha value is -1.10. The third-order valence-electron chi connectivity index (χ3n) is 9.24. The first-order chi connectivity index (χ1) is 25.5. The molecule has 0 amide bonds. The average Bonchev–Trinajstić information content (AvgIpc) is 3.11. The molecule has 3 unspecified atom stereocenters. The number of hydrogen-bond acceptors (Lipinski definition) is 8. The van der Waals surface area contributed by atoms with Gasteiger partial charge in [-0.05, 0) is 32.1 Å². The molecule has 11 heteroatoms. The van der Waals surface area contributed by atoms with Crippen molar-refractivity contribution in [2.24, 2.45) is 0 Å². The van der Waals surface area contributed by atoms with E-state index < -0.39 is 13.9 Å². The summed E-state index contributed by atoms with van der Waals surface area (Å²) in [6.07, 6.45) is 35.1. The van der Waals surface area contributed by atoms with Crippen molar-refractivity contribution >= 4 is 13.8 Å². The van der Waals surface area contributed by atoms with Crippen LogP contribution in [0.3, 0.4) is 0 Å². The van der Waals surface area contributed by atoms with E-state index in [2.05, 4.69) is 24.8 Å². The number of phosphoric acid groups is 1. The highest BCUT2D eigenvalue weighted by atomic mass is 31.2. The van der Waals surface area contributed by atoms with Gasteiger partial charge in [0.1, 0.15) is 25.4 Å². The predicted octanol–water partition coefficient (Wildman–Crippen LogP) is 11.5. The number of carbonyl (C=O) groups is 1. The van der Waals surface area contributed by atoms with Crippen molar-refractivity contribution in [1.82, 2.24) is 0 Å². The number of ether oxygens (including phenoxy) is 2. The molecule has 0 saturated carbocycles. The Bertz CT molecular complexity index is 925. The van der Waals surface area contributed by atoms with Crippen molar-refractivity contribution in [1.29, 1.82) is 0 Å². The van der Waals surface area contributed by atoms with Crippen LogP contribution < -0.4 is 0 Å². The van der Waals surface area contributed by atoms with Gasteiger partial charge in [-0.2, -0.15) is 0 Å². The van der Waals surface area contributed by atoms with Gasteiger partial charge in [-0.3, -0.25) is 19.1 Å². The Balaban J connectivity index is 4.35. The van der Waals surface area contributed by atoms with E-state index in [4.69, 9.17) is 23.8 Å². The molecule has 53 heavy (non-hydrogen) atoms. The minimum Gasteiger partial charge on any atom is -0.457 e. The Morgan fingerprint density at radius 2 is 1.23 bits per heavy atom. The number of carbonyl (C=O) groups excluding carboxylic acids is 1. The molecule has 0 rings (SSSR count). The first-order valence-corrected chi connectivity index (χ1v) is 22.9. The molecule has 0 saturated heterocycles. The summed E-state index contributed by atoms with van der Waals surface area (Å²) in [4.78, 5) is 27.4. The lowest BCUT2D eigenvalue weighted by atomic mass is 10.0. The molecule has 0 aromatic rings.